The fourth-order valence-corrected chi connectivity index (χ4v) is 2.72. The molecule has 0 aliphatic carbocycles. The highest BCUT2D eigenvalue weighted by molar-refractivity contribution is 6.30. The first-order chi connectivity index (χ1) is 10.1. The van der Waals surface area contributed by atoms with Gasteiger partial charge in [-0.05, 0) is 35.7 Å². The van der Waals surface area contributed by atoms with Gasteiger partial charge in [0.2, 0.25) is 0 Å². The van der Waals surface area contributed by atoms with Crippen LogP contribution >= 0.6 is 11.6 Å². The smallest absolute Gasteiger partial charge is 0.352 e. The van der Waals surface area contributed by atoms with E-state index in [0.29, 0.717) is 11.4 Å². The van der Waals surface area contributed by atoms with Gasteiger partial charge in [0.25, 0.3) is 0 Å². The lowest BCUT2D eigenvalue weighted by Gasteiger charge is -2.03. The number of fused-ring (bicyclic) bond motifs is 1. The van der Waals surface area contributed by atoms with E-state index in [9.17, 15) is 9.90 Å². The van der Waals surface area contributed by atoms with Crippen molar-refractivity contribution in [3.63, 3.8) is 0 Å². The monoisotopic (exact) mass is 299 g/mol. The molecule has 3 nitrogen and oxygen atoms in total. The molecule has 3 rings (SSSR count). The topological polar surface area (TPSA) is 53.1 Å². The number of H-pyrrole nitrogens is 1. The van der Waals surface area contributed by atoms with E-state index in [4.69, 9.17) is 11.6 Å². The molecule has 2 N–H and O–H groups in total. The average Bonchev–Trinajstić information content (AvgIpc) is 2.82. The molecule has 1 aromatic heterocycles. The second kappa shape index (κ2) is 5.26. The first-order valence-electron chi connectivity index (χ1n) is 6.64. The number of aromatic amines is 1. The van der Waals surface area contributed by atoms with Gasteiger partial charge in [0.1, 0.15) is 5.69 Å². The number of hydrogen-bond acceptors (Lipinski definition) is 1. The first-order valence-corrected chi connectivity index (χ1v) is 7.02. The molecular weight excluding hydrogens is 286 g/mol. The standard InChI is InChI=1S/C17H14ClNO2/c1-10-3-2-4-13-14(16(17(20)21)19-15(10)13)9-11-5-7-12(18)8-6-11/h2-8,19H,9H2,1H3,(H,20,21). The highest BCUT2D eigenvalue weighted by atomic mass is 35.5. The molecule has 0 saturated heterocycles. The van der Waals surface area contributed by atoms with Crippen LogP contribution in [0.1, 0.15) is 27.2 Å². The van der Waals surface area contributed by atoms with Crippen LogP contribution in [0.5, 0.6) is 0 Å². The minimum Gasteiger partial charge on any atom is -0.477 e. The Morgan fingerprint density at radius 2 is 1.90 bits per heavy atom. The normalized spacial score (nSPS) is 11.0. The molecule has 0 bridgehead atoms. The zero-order chi connectivity index (χ0) is 15.0. The predicted octanol–water partition coefficient (Wildman–Crippen LogP) is 4.42. The average molecular weight is 300 g/mol. The molecule has 0 aliphatic heterocycles. The van der Waals surface area contributed by atoms with Gasteiger partial charge < -0.3 is 10.1 Å². The molecule has 21 heavy (non-hydrogen) atoms. The van der Waals surface area contributed by atoms with Crippen LogP contribution in [0.4, 0.5) is 0 Å². The van der Waals surface area contributed by atoms with Crippen molar-refractivity contribution in [2.45, 2.75) is 13.3 Å². The summed E-state index contributed by atoms with van der Waals surface area (Å²) in [5.74, 6) is -0.936. The maximum Gasteiger partial charge on any atom is 0.352 e. The van der Waals surface area contributed by atoms with Gasteiger partial charge in [-0.3, -0.25) is 0 Å². The number of carbonyl (C=O) groups is 1. The lowest BCUT2D eigenvalue weighted by molar-refractivity contribution is 0.0690. The van der Waals surface area contributed by atoms with Gasteiger partial charge in [-0.2, -0.15) is 0 Å². The Labute approximate surface area is 127 Å². The molecule has 0 atom stereocenters. The maximum atomic E-state index is 11.5. The second-order valence-electron chi connectivity index (χ2n) is 5.08. The van der Waals surface area contributed by atoms with Crippen molar-refractivity contribution in [1.29, 1.82) is 0 Å². The fraction of sp³-hybridized carbons (Fsp3) is 0.118. The van der Waals surface area contributed by atoms with Crippen molar-refractivity contribution < 1.29 is 9.90 Å². The number of aromatic carboxylic acids is 1. The van der Waals surface area contributed by atoms with Crippen molar-refractivity contribution in [3.05, 3.63) is 69.9 Å². The summed E-state index contributed by atoms with van der Waals surface area (Å²) in [6.07, 6.45) is 0.558. The zero-order valence-corrected chi connectivity index (χ0v) is 12.2. The molecule has 0 radical (unpaired) electrons. The summed E-state index contributed by atoms with van der Waals surface area (Å²) in [6.45, 7) is 1.97. The lowest BCUT2D eigenvalue weighted by Crippen LogP contribution is -2.02. The minimum absolute atomic E-state index is 0.259. The summed E-state index contributed by atoms with van der Waals surface area (Å²) in [5, 5.41) is 11.1. The van der Waals surface area contributed by atoms with Gasteiger partial charge in [0.05, 0.1) is 0 Å². The van der Waals surface area contributed by atoms with Crippen molar-refractivity contribution in [3.8, 4) is 0 Å². The van der Waals surface area contributed by atoms with Crippen LogP contribution in [0.2, 0.25) is 5.02 Å². The maximum absolute atomic E-state index is 11.5. The van der Waals surface area contributed by atoms with Crippen molar-refractivity contribution in [2.75, 3.05) is 0 Å². The summed E-state index contributed by atoms with van der Waals surface area (Å²) < 4.78 is 0. The van der Waals surface area contributed by atoms with Crippen molar-refractivity contribution in [2.24, 2.45) is 0 Å². The largest absolute Gasteiger partial charge is 0.477 e. The van der Waals surface area contributed by atoms with Crippen LogP contribution in [-0.2, 0) is 6.42 Å². The van der Waals surface area contributed by atoms with Gasteiger partial charge in [0.15, 0.2) is 0 Å². The van der Waals surface area contributed by atoms with E-state index in [1.807, 2.05) is 49.4 Å². The van der Waals surface area contributed by atoms with Gasteiger partial charge in [0, 0.05) is 22.3 Å². The molecule has 106 valence electrons. The number of halogens is 1. The summed E-state index contributed by atoms with van der Waals surface area (Å²) in [7, 11) is 0. The Kier molecular flexibility index (Phi) is 3.43. The highest BCUT2D eigenvalue weighted by Crippen LogP contribution is 2.27. The van der Waals surface area contributed by atoms with E-state index in [2.05, 4.69) is 4.98 Å². The number of aryl methyl sites for hydroxylation is 1. The number of aromatic nitrogens is 1. The van der Waals surface area contributed by atoms with Crippen LogP contribution in [0.15, 0.2) is 42.5 Å². The van der Waals surface area contributed by atoms with Crippen molar-refractivity contribution in [1.82, 2.24) is 4.98 Å². The third-order valence-electron chi connectivity index (χ3n) is 3.66. The minimum atomic E-state index is -0.936. The third kappa shape index (κ3) is 2.52. The molecule has 4 heteroatoms. The van der Waals surface area contributed by atoms with Crippen molar-refractivity contribution >= 4 is 28.5 Å². The molecule has 0 unspecified atom stereocenters. The Balaban J connectivity index is 2.15. The number of carboxylic acids is 1. The molecule has 2 aromatic carbocycles. The first kappa shape index (κ1) is 13.7. The number of carboxylic acid groups (broad SMARTS) is 1. The fourth-order valence-electron chi connectivity index (χ4n) is 2.59. The van der Waals surface area contributed by atoms with Gasteiger partial charge in [-0.1, -0.05) is 41.9 Å². The van der Waals surface area contributed by atoms with Crippen LogP contribution in [0.3, 0.4) is 0 Å². The van der Waals surface area contributed by atoms with E-state index < -0.39 is 5.97 Å². The number of para-hydroxylation sites is 1. The van der Waals surface area contributed by atoms with E-state index in [-0.39, 0.29) is 5.69 Å². The predicted molar refractivity (Wildman–Crippen MR) is 84.3 cm³/mol. The zero-order valence-electron chi connectivity index (χ0n) is 11.5. The third-order valence-corrected chi connectivity index (χ3v) is 3.91. The van der Waals surface area contributed by atoms with E-state index in [1.165, 1.54) is 0 Å². The van der Waals surface area contributed by atoms with Crippen LogP contribution in [-0.4, -0.2) is 16.1 Å². The number of rotatable bonds is 3. The molecule has 0 amide bonds. The lowest BCUT2D eigenvalue weighted by atomic mass is 10.0. The van der Waals surface area contributed by atoms with Crippen LogP contribution < -0.4 is 0 Å². The summed E-state index contributed by atoms with van der Waals surface area (Å²) in [6, 6.07) is 13.3. The van der Waals surface area contributed by atoms with E-state index >= 15 is 0 Å². The molecule has 3 aromatic rings. The molecular formula is C17H14ClNO2. The SMILES string of the molecule is Cc1cccc2c(Cc3ccc(Cl)cc3)c(C(=O)O)[nH]c12. The van der Waals surface area contributed by atoms with E-state index in [1.54, 1.807) is 0 Å². The molecule has 0 spiro atoms. The van der Waals surface area contributed by atoms with Crippen LogP contribution in [0.25, 0.3) is 10.9 Å². The van der Waals surface area contributed by atoms with Crippen LogP contribution in [0, 0.1) is 6.92 Å². The summed E-state index contributed by atoms with van der Waals surface area (Å²) >= 11 is 5.89. The number of nitrogens with one attached hydrogen (secondary N) is 1. The quantitative estimate of drug-likeness (QED) is 0.752. The number of hydrogen-bond donors (Lipinski definition) is 2. The Hall–Kier alpha value is -2.26. The number of benzene rings is 2. The van der Waals surface area contributed by atoms with E-state index in [0.717, 1.165) is 27.6 Å². The summed E-state index contributed by atoms with van der Waals surface area (Å²) in [5.41, 5.74) is 4.03. The molecule has 0 fully saturated rings. The second-order valence-corrected chi connectivity index (χ2v) is 5.52. The van der Waals surface area contributed by atoms with Gasteiger partial charge in [-0.25, -0.2) is 4.79 Å². The molecule has 0 aliphatic rings. The molecule has 0 saturated carbocycles. The highest BCUT2D eigenvalue weighted by Gasteiger charge is 2.18. The Bertz CT molecular complexity index is 819. The Morgan fingerprint density at radius 1 is 1.19 bits per heavy atom. The summed E-state index contributed by atoms with van der Waals surface area (Å²) in [4.78, 5) is 14.5. The Morgan fingerprint density at radius 3 is 2.57 bits per heavy atom. The van der Waals surface area contributed by atoms with Gasteiger partial charge >= 0.3 is 5.97 Å². The molecule has 1 heterocycles. The van der Waals surface area contributed by atoms with Gasteiger partial charge in [-0.15, -0.1) is 0 Å².